The van der Waals surface area contributed by atoms with Gasteiger partial charge >= 0.3 is 0 Å². The number of aliphatic hydroxyl groups excluding tert-OH is 1. The first kappa shape index (κ1) is 22.1. The third kappa shape index (κ3) is 6.75. The highest BCUT2D eigenvalue weighted by Gasteiger charge is 2.22. The van der Waals surface area contributed by atoms with Crippen molar-refractivity contribution < 1.29 is 9.90 Å². The van der Waals surface area contributed by atoms with Crippen molar-refractivity contribution >= 4 is 17.3 Å². The molecule has 2 aromatic carbocycles. The summed E-state index contributed by atoms with van der Waals surface area (Å²) >= 11 is 0. The third-order valence-electron chi connectivity index (χ3n) is 4.70. The highest BCUT2D eigenvalue weighted by molar-refractivity contribution is 6.01. The van der Waals surface area contributed by atoms with Crippen molar-refractivity contribution in [3.8, 4) is 0 Å². The van der Waals surface area contributed by atoms with E-state index in [1.165, 1.54) is 0 Å². The van der Waals surface area contributed by atoms with Gasteiger partial charge in [-0.05, 0) is 50.2 Å². The summed E-state index contributed by atoms with van der Waals surface area (Å²) in [4.78, 5) is 19.5. The van der Waals surface area contributed by atoms with Gasteiger partial charge in [0.25, 0.3) is 0 Å². The lowest BCUT2D eigenvalue weighted by Crippen LogP contribution is -2.48. The molecule has 1 fully saturated rings. The summed E-state index contributed by atoms with van der Waals surface area (Å²) in [6.07, 6.45) is 0.875. The number of amides is 1. The van der Waals surface area contributed by atoms with Crippen molar-refractivity contribution in [3.05, 3.63) is 60.2 Å². The van der Waals surface area contributed by atoms with Gasteiger partial charge in [0.2, 0.25) is 5.91 Å². The number of hydrogen-bond donors (Lipinski definition) is 1. The molecule has 0 bridgehead atoms. The van der Waals surface area contributed by atoms with Crippen molar-refractivity contribution in [2.24, 2.45) is 0 Å². The minimum absolute atomic E-state index is 0.122. The van der Waals surface area contributed by atoms with E-state index in [9.17, 15) is 4.79 Å². The molecule has 5 nitrogen and oxygen atoms in total. The molecule has 1 aliphatic heterocycles. The van der Waals surface area contributed by atoms with E-state index in [1.54, 1.807) is 0 Å². The zero-order valence-corrected chi connectivity index (χ0v) is 17.3. The van der Waals surface area contributed by atoms with Crippen LogP contribution in [-0.4, -0.2) is 67.2 Å². The molecule has 2 aromatic rings. The van der Waals surface area contributed by atoms with E-state index in [0.29, 0.717) is 13.2 Å². The maximum Gasteiger partial charge on any atom is 0.245 e. The second-order valence-electron chi connectivity index (χ2n) is 7.21. The molecule has 0 aromatic heterocycles. The van der Waals surface area contributed by atoms with Crippen LogP contribution in [-0.2, 0) is 4.79 Å². The minimum atomic E-state index is 0.122. The van der Waals surface area contributed by atoms with Crippen LogP contribution < -0.4 is 4.90 Å². The molecule has 0 spiro atoms. The lowest BCUT2D eigenvalue weighted by molar-refractivity contribution is -0.119. The van der Waals surface area contributed by atoms with Crippen molar-refractivity contribution in [3.63, 3.8) is 0 Å². The average Bonchev–Trinajstić information content (AvgIpc) is 2.71. The normalized spacial score (nSPS) is 14.9. The lowest BCUT2D eigenvalue weighted by atomic mass is 10.1. The molecule has 1 N–H and O–H groups in total. The Morgan fingerprint density at radius 1 is 1.00 bits per heavy atom. The lowest BCUT2D eigenvalue weighted by Gasteiger charge is -2.33. The predicted molar refractivity (Wildman–Crippen MR) is 116 cm³/mol. The second kappa shape index (κ2) is 11.6. The third-order valence-corrected chi connectivity index (χ3v) is 4.70. The average molecular weight is 384 g/mol. The van der Waals surface area contributed by atoms with Gasteiger partial charge in [-0.2, -0.15) is 0 Å². The van der Waals surface area contributed by atoms with E-state index in [-0.39, 0.29) is 5.91 Å². The van der Waals surface area contributed by atoms with Gasteiger partial charge in [-0.15, -0.1) is 0 Å². The van der Waals surface area contributed by atoms with Crippen LogP contribution in [0.4, 0.5) is 11.4 Å². The Bertz CT molecular complexity index is 711. The molecule has 0 radical (unpaired) electrons. The maximum atomic E-state index is 13.1. The Labute approximate surface area is 169 Å². The minimum Gasteiger partial charge on any atom is -0.396 e. The quantitative estimate of drug-likeness (QED) is 0.861. The van der Waals surface area contributed by atoms with Crippen LogP contribution in [0.25, 0.3) is 0 Å². The van der Waals surface area contributed by atoms with Crippen LogP contribution in [0, 0.1) is 6.92 Å². The molecule has 1 heterocycles. The monoisotopic (exact) mass is 383 g/mol. The van der Waals surface area contributed by atoms with Crippen LogP contribution in [0.15, 0.2) is 54.6 Å². The molecule has 152 valence electrons. The van der Waals surface area contributed by atoms with E-state index in [0.717, 1.165) is 49.5 Å². The number of nitrogens with zero attached hydrogens (tertiary/aromatic N) is 3. The molecule has 5 heteroatoms. The van der Waals surface area contributed by atoms with Crippen molar-refractivity contribution in [1.29, 1.82) is 0 Å². The predicted octanol–water partition coefficient (Wildman–Crippen LogP) is 3.30. The second-order valence-corrected chi connectivity index (χ2v) is 7.21. The van der Waals surface area contributed by atoms with Crippen LogP contribution in [0.5, 0.6) is 0 Å². The number of piperazine rings is 1. The fourth-order valence-electron chi connectivity index (χ4n) is 3.05. The zero-order chi connectivity index (χ0) is 20.4. The van der Waals surface area contributed by atoms with Gasteiger partial charge in [0.15, 0.2) is 0 Å². The van der Waals surface area contributed by atoms with Gasteiger partial charge < -0.3 is 10.0 Å². The van der Waals surface area contributed by atoms with E-state index in [2.05, 4.69) is 35.9 Å². The van der Waals surface area contributed by atoms with Gasteiger partial charge in [0.1, 0.15) is 0 Å². The highest BCUT2D eigenvalue weighted by Crippen LogP contribution is 2.26. The number of likely N-dealkylation sites (N-methyl/N-ethyl adjacent to an activating group) is 1. The number of carbonyl (C=O) groups excluding carboxylic acids is 1. The largest absolute Gasteiger partial charge is 0.396 e. The Balaban J connectivity index is 0.000000640. The Morgan fingerprint density at radius 2 is 1.61 bits per heavy atom. The number of anilines is 2. The fraction of sp³-hybridized carbons (Fsp3) is 0.435. The smallest absolute Gasteiger partial charge is 0.245 e. The van der Waals surface area contributed by atoms with Crippen LogP contribution in [0.2, 0.25) is 0 Å². The number of aliphatic hydroxyl groups is 1. The molecule has 28 heavy (non-hydrogen) atoms. The maximum absolute atomic E-state index is 13.1. The first-order valence-corrected chi connectivity index (χ1v) is 10.0. The summed E-state index contributed by atoms with van der Waals surface area (Å²) < 4.78 is 0. The molecular formula is C23H33N3O2. The number of rotatable bonds is 5. The Hall–Kier alpha value is -2.21. The molecule has 0 unspecified atom stereocenters. The molecular weight excluding hydrogens is 350 g/mol. The topological polar surface area (TPSA) is 47.0 Å². The Kier molecular flexibility index (Phi) is 9.14. The number of hydrogen-bond acceptors (Lipinski definition) is 4. The molecule has 1 saturated heterocycles. The summed E-state index contributed by atoms with van der Waals surface area (Å²) in [6.45, 7) is 8.68. The van der Waals surface area contributed by atoms with Crippen LogP contribution in [0.1, 0.15) is 18.9 Å². The first-order chi connectivity index (χ1) is 13.5. The van der Waals surface area contributed by atoms with Gasteiger partial charge in [-0.25, -0.2) is 0 Å². The zero-order valence-electron chi connectivity index (χ0n) is 17.3. The number of carbonyl (C=O) groups is 1. The van der Waals surface area contributed by atoms with Crippen LogP contribution >= 0.6 is 0 Å². The van der Waals surface area contributed by atoms with E-state index in [1.807, 2.05) is 54.3 Å². The van der Waals surface area contributed by atoms with Gasteiger partial charge in [0.05, 0.1) is 6.54 Å². The molecule has 1 aliphatic rings. The van der Waals surface area contributed by atoms with E-state index in [4.69, 9.17) is 5.11 Å². The molecule has 0 saturated carbocycles. The van der Waals surface area contributed by atoms with Crippen molar-refractivity contribution in [2.45, 2.75) is 20.3 Å². The van der Waals surface area contributed by atoms with Crippen LogP contribution in [0.3, 0.4) is 0 Å². The summed E-state index contributed by atoms with van der Waals surface area (Å²) in [5.74, 6) is 0.122. The van der Waals surface area contributed by atoms with E-state index < -0.39 is 0 Å². The van der Waals surface area contributed by atoms with Gasteiger partial charge in [-0.3, -0.25) is 14.6 Å². The SMILES string of the molecule is CCCO.Cc1cccc(N(C(=O)CN2CCN(C)CC2)c2ccccc2)c1. The highest BCUT2D eigenvalue weighted by atomic mass is 16.2. The number of aryl methyl sites for hydroxylation is 1. The van der Waals surface area contributed by atoms with E-state index >= 15 is 0 Å². The van der Waals surface area contributed by atoms with Gasteiger partial charge in [0, 0.05) is 44.2 Å². The van der Waals surface area contributed by atoms with Crippen molar-refractivity contribution in [2.75, 3.05) is 51.3 Å². The molecule has 1 amide bonds. The molecule has 3 rings (SSSR count). The Morgan fingerprint density at radius 3 is 2.18 bits per heavy atom. The number of benzene rings is 2. The summed E-state index contributed by atoms with van der Waals surface area (Å²) in [5, 5.41) is 7.88. The summed E-state index contributed by atoms with van der Waals surface area (Å²) in [7, 11) is 2.13. The van der Waals surface area contributed by atoms with Gasteiger partial charge in [-0.1, -0.05) is 37.3 Å². The fourth-order valence-corrected chi connectivity index (χ4v) is 3.05. The molecule has 0 atom stereocenters. The first-order valence-electron chi connectivity index (χ1n) is 10.0. The standard InChI is InChI=1S/C20H25N3O.C3H8O/c1-17-7-6-10-19(15-17)23(18-8-4-3-5-9-18)20(24)16-22-13-11-21(2)12-14-22;1-2-3-4/h3-10,15H,11-14,16H2,1-2H3;4H,2-3H2,1H3. The van der Waals surface area contributed by atoms with Crippen molar-refractivity contribution in [1.82, 2.24) is 9.80 Å². The number of para-hydroxylation sites is 1. The summed E-state index contributed by atoms with van der Waals surface area (Å²) in [5.41, 5.74) is 3.00. The molecule has 0 aliphatic carbocycles. The summed E-state index contributed by atoms with van der Waals surface area (Å²) in [6, 6.07) is 18.0.